The Labute approximate surface area is 142 Å². The molecule has 0 N–H and O–H groups in total. The van der Waals surface area contributed by atoms with E-state index < -0.39 is 0 Å². The molecule has 0 nitrogen and oxygen atoms in total. The summed E-state index contributed by atoms with van der Waals surface area (Å²) in [5.41, 5.74) is 0. The molecule has 0 atom stereocenters. The first-order valence-electron chi connectivity index (χ1n) is 10.6. The van der Waals surface area contributed by atoms with Gasteiger partial charge < -0.3 is 0 Å². The lowest BCUT2D eigenvalue weighted by Crippen LogP contribution is -2.06. The average Bonchev–Trinajstić information content (AvgIpc) is 2.53. The van der Waals surface area contributed by atoms with Gasteiger partial charge in [0.05, 0.1) is 0 Å². The maximum atomic E-state index is 2.34. The number of unbranched alkanes of at least 4 members (excludes halogenated alkanes) is 6. The molecule has 0 amide bonds. The number of hydrogen-bond donors (Lipinski definition) is 0. The van der Waals surface area contributed by atoms with Gasteiger partial charge in [-0.2, -0.15) is 0 Å². The quantitative estimate of drug-likeness (QED) is 0.236. The van der Waals surface area contributed by atoms with Crippen molar-refractivity contribution in [3.05, 3.63) is 5.92 Å². The fourth-order valence-corrected chi connectivity index (χ4v) is 3.45. The average molecular weight is 310 g/mol. The van der Waals surface area contributed by atoms with E-state index in [0.29, 0.717) is 0 Å². The van der Waals surface area contributed by atoms with Crippen molar-refractivity contribution in [1.29, 1.82) is 0 Å². The predicted octanol–water partition coefficient (Wildman–Crippen LogP) is 8.50. The highest BCUT2D eigenvalue weighted by Crippen LogP contribution is 2.29. The third kappa shape index (κ3) is 13.6. The lowest BCUT2D eigenvalue weighted by molar-refractivity contribution is 0.378. The van der Waals surface area contributed by atoms with Crippen LogP contribution in [0.4, 0.5) is 0 Å². The van der Waals surface area contributed by atoms with E-state index >= 15 is 0 Å². The highest BCUT2D eigenvalue weighted by Gasteiger charge is 2.14. The Morgan fingerprint density at radius 2 is 0.955 bits per heavy atom. The summed E-state index contributed by atoms with van der Waals surface area (Å²) in [4.78, 5) is 0. The Hall–Kier alpha value is 0. The number of hydrogen-bond acceptors (Lipinski definition) is 0. The maximum absolute atomic E-state index is 2.34. The molecule has 0 aliphatic heterocycles. The minimum absolute atomic E-state index is 1.01. The zero-order valence-electron chi connectivity index (χ0n) is 16.4. The van der Waals surface area contributed by atoms with Crippen LogP contribution in [-0.4, -0.2) is 0 Å². The summed E-state index contributed by atoms with van der Waals surface area (Å²) in [6.07, 6.45) is 22.8. The van der Waals surface area contributed by atoms with Gasteiger partial charge in [0.15, 0.2) is 0 Å². The lowest BCUT2D eigenvalue weighted by atomic mass is 9.84. The summed E-state index contributed by atoms with van der Waals surface area (Å²) in [5, 5.41) is 0. The summed E-state index contributed by atoms with van der Waals surface area (Å²) in [6, 6.07) is 0. The highest BCUT2D eigenvalue weighted by atomic mass is 14.2. The van der Waals surface area contributed by atoms with Gasteiger partial charge in [-0.3, -0.25) is 0 Å². The Bertz CT molecular complexity index is 178. The smallest absolute Gasteiger partial charge is 0.0241 e. The van der Waals surface area contributed by atoms with Gasteiger partial charge in [-0.15, -0.1) is 0 Å². The van der Waals surface area contributed by atoms with Crippen molar-refractivity contribution >= 4 is 0 Å². The maximum Gasteiger partial charge on any atom is -0.0241 e. The van der Waals surface area contributed by atoms with Gasteiger partial charge in [-0.1, -0.05) is 105 Å². The molecule has 0 spiro atoms. The van der Waals surface area contributed by atoms with Crippen molar-refractivity contribution in [2.24, 2.45) is 5.92 Å². The summed E-state index contributed by atoms with van der Waals surface area (Å²) in [5.74, 6) is 2.91. The fourth-order valence-electron chi connectivity index (χ4n) is 3.45. The molecule has 0 aromatic rings. The summed E-state index contributed by atoms with van der Waals surface area (Å²) in [7, 11) is 0. The van der Waals surface area contributed by atoms with Crippen LogP contribution in [0.5, 0.6) is 0 Å². The van der Waals surface area contributed by atoms with E-state index in [0.717, 1.165) is 5.92 Å². The van der Waals surface area contributed by atoms with E-state index in [1.54, 1.807) is 0 Å². The van der Waals surface area contributed by atoms with Crippen LogP contribution in [0.2, 0.25) is 0 Å². The second kappa shape index (κ2) is 17.4. The minimum Gasteiger partial charge on any atom is -0.0654 e. The normalized spacial score (nSPS) is 11.7. The van der Waals surface area contributed by atoms with Crippen LogP contribution in [0.15, 0.2) is 0 Å². The van der Waals surface area contributed by atoms with Crippen molar-refractivity contribution in [3.8, 4) is 0 Å². The molecule has 0 fully saturated rings. The number of rotatable bonds is 17. The molecule has 0 heteroatoms. The zero-order valence-corrected chi connectivity index (χ0v) is 16.4. The van der Waals surface area contributed by atoms with Crippen LogP contribution in [0, 0.1) is 11.8 Å². The SMILES string of the molecule is CCCCC[C](CCCCC)CCC(CCCC)CCCC. The first kappa shape index (κ1) is 22.0. The van der Waals surface area contributed by atoms with Crippen molar-refractivity contribution < 1.29 is 0 Å². The minimum atomic E-state index is 1.01. The fraction of sp³-hybridized carbons (Fsp3) is 0.955. The van der Waals surface area contributed by atoms with Crippen LogP contribution in [0.1, 0.15) is 130 Å². The molecule has 0 aromatic carbocycles. The molecule has 0 unspecified atom stereocenters. The molecule has 0 aliphatic rings. The first-order valence-corrected chi connectivity index (χ1v) is 10.6. The molecule has 0 aromatic heterocycles. The molecular weight excluding hydrogens is 264 g/mol. The summed E-state index contributed by atoms with van der Waals surface area (Å²) >= 11 is 0. The molecule has 0 rings (SSSR count). The van der Waals surface area contributed by atoms with Gasteiger partial charge in [0.1, 0.15) is 0 Å². The lowest BCUT2D eigenvalue weighted by Gasteiger charge is -2.21. The van der Waals surface area contributed by atoms with Crippen LogP contribution < -0.4 is 0 Å². The van der Waals surface area contributed by atoms with E-state index in [1.807, 2.05) is 5.92 Å². The second-order valence-corrected chi connectivity index (χ2v) is 7.35. The van der Waals surface area contributed by atoms with Gasteiger partial charge in [-0.25, -0.2) is 0 Å². The standard InChI is InChI=1S/C22H45/c1-5-9-13-17-22(18-14-10-6-2)20-19-21(15-11-7-3)16-12-8-4/h21H,5-20H2,1-4H3. The van der Waals surface area contributed by atoms with E-state index in [-0.39, 0.29) is 0 Å². The van der Waals surface area contributed by atoms with E-state index in [4.69, 9.17) is 0 Å². The molecule has 0 saturated carbocycles. The molecule has 133 valence electrons. The highest BCUT2D eigenvalue weighted by molar-refractivity contribution is 4.90. The Kier molecular flexibility index (Phi) is 17.4. The first-order chi connectivity index (χ1) is 10.8. The Morgan fingerprint density at radius 3 is 1.36 bits per heavy atom. The molecule has 22 heavy (non-hydrogen) atoms. The largest absolute Gasteiger partial charge is 0.0654 e. The second-order valence-electron chi connectivity index (χ2n) is 7.35. The molecule has 1 radical (unpaired) electrons. The van der Waals surface area contributed by atoms with E-state index in [2.05, 4.69) is 27.7 Å². The molecule has 0 bridgehead atoms. The van der Waals surface area contributed by atoms with Crippen molar-refractivity contribution in [3.63, 3.8) is 0 Å². The van der Waals surface area contributed by atoms with Crippen molar-refractivity contribution in [1.82, 2.24) is 0 Å². The third-order valence-corrected chi connectivity index (χ3v) is 5.11. The van der Waals surface area contributed by atoms with Crippen LogP contribution in [0.25, 0.3) is 0 Å². The Morgan fingerprint density at radius 1 is 0.500 bits per heavy atom. The zero-order chi connectivity index (χ0) is 16.5. The van der Waals surface area contributed by atoms with Crippen LogP contribution >= 0.6 is 0 Å². The van der Waals surface area contributed by atoms with Crippen molar-refractivity contribution in [2.45, 2.75) is 130 Å². The van der Waals surface area contributed by atoms with Gasteiger partial charge in [0, 0.05) is 0 Å². The molecule has 0 heterocycles. The van der Waals surface area contributed by atoms with E-state index in [1.165, 1.54) is 103 Å². The van der Waals surface area contributed by atoms with Crippen LogP contribution in [-0.2, 0) is 0 Å². The molecular formula is C22H45. The van der Waals surface area contributed by atoms with Gasteiger partial charge in [0.2, 0.25) is 0 Å². The third-order valence-electron chi connectivity index (χ3n) is 5.11. The van der Waals surface area contributed by atoms with Crippen molar-refractivity contribution in [2.75, 3.05) is 0 Å². The molecule has 0 aliphatic carbocycles. The topological polar surface area (TPSA) is 0 Å². The van der Waals surface area contributed by atoms with Crippen LogP contribution in [0.3, 0.4) is 0 Å². The van der Waals surface area contributed by atoms with E-state index in [9.17, 15) is 0 Å². The molecule has 0 saturated heterocycles. The van der Waals surface area contributed by atoms with Gasteiger partial charge in [0.25, 0.3) is 0 Å². The monoisotopic (exact) mass is 309 g/mol. The predicted molar refractivity (Wildman–Crippen MR) is 103 cm³/mol. The summed E-state index contributed by atoms with van der Waals surface area (Å²) in [6.45, 7) is 9.32. The van der Waals surface area contributed by atoms with Gasteiger partial charge >= 0.3 is 0 Å². The van der Waals surface area contributed by atoms with Gasteiger partial charge in [-0.05, 0) is 37.5 Å². The summed E-state index contributed by atoms with van der Waals surface area (Å²) < 4.78 is 0. The Balaban J connectivity index is 4.13.